The summed E-state index contributed by atoms with van der Waals surface area (Å²) in [6.45, 7) is 1.57. The smallest absolute Gasteiger partial charge is 0.341 e. The molecule has 31 heavy (non-hydrogen) atoms. The van der Waals surface area contributed by atoms with Gasteiger partial charge in [-0.3, -0.25) is 9.59 Å². The molecule has 160 valence electrons. The Morgan fingerprint density at radius 3 is 2.52 bits per heavy atom. The molecule has 2 N–H and O–H groups in total. The maximum atomic E-state index is 12.7. The number of ether oxygens (including phenoxy) is 2. The summed E-state index contributed by atoms with van der Waals surface area (Å²) < 4.78 is 10.5. The summed E-state index contributed by atoms with van der Waals surface area (Å²) in [7, 11) is 0. The summed E-state index contributed by atoms with van der Waals surface area (Å²) in [6, 6.07) is 15.0. The molecule has 9 heteroatoms. The number of amides is 2. The predicted molar refractivity (Wildman–Crippen MR) is 120 cm³/mol. The topological polar surface area (TPSA) is 93.7 Å². The van der Waals surface area contributed by atoms with Crippen LogP contribution in [0.15, 0.2) is 60.0 Å². The number of benzene rings is 2. The third-order valence-corrected chi connectivity index (χ3v) is 5.06. The van der Waals surface area contributed by atoms with Gasteiger partial charge in [-0.1, -0.05) is 29.8 Å². The third-order valence-electron chi connectivity index (χ3n) is 3.99. The molecule has 0 aliphatic heterocycles. The van der Waals surface area contributed by atoms with E-state index in [4.69, 9.17) is 21.1 Å². The van der Waals surface area contributed by atoms with Crippen LogP contribution in [-0.4, -0.2) is 31.0 Å². The summed E-state index contributed by atoms with van der Waals surface area (Å²) in [4.78, 5) is 37.0. The van der Waals surface area contributed by atoms with Crippen LogP contribution in [0.1, 0.15) is 27.6 Å². The molecule has 3 aromatic rings. The van der Waals surface area contributed by atoms with E-state index in [9.17, 15) is 14.4 Å². The molecule has 0 bridgehead atoms. The van der Waals surface area contributed by atoms with Gasteiger partial charge in [0.15, 0.2) is 6.61 Å². The number of hydrogen-bond donors (Lipinski definition) is 2. The minimum absolute atomic E-state index is 0.187. The minimum atomic E-state index is -0.516. The van der Waals surface area contributed by atoms with E-state index in [1.54, 1.807) is 48.7 Å². The first-order valence-corrected chi connectivity index (χ1v) is 10.6. The van der Waals surface area contributed by atoms with Crippen molar-refractivity contribution in [2.24, 2.45) is 0 Å². The largest absolute Gasteiger partial charge is 0.483 e. The van der Waals surface area contributed by atoms with Gasteiger partial charge in [0.25, 0.3) is 11.8 Å². The van der Waals surface area contributed by atoms with Gasteiger partial charge in [0, 0.05) is 10.7 Å². The quantitative estimate of drug-likeness (QED) is 0.471. The van der Waals surface area contributed by atoms with Crippen LogP contribution in [-0.2, 0) is 9.53 Å². The molecule has 2 amide bonds. The van der Waals surface area contributed by atoms with Gasteiger partial charge in [-0.2, -0.15) is 0 Å². The fourth-order valence-corrected chi connectivity index (χ4v) is 3.57. The maximum absolute atomic E-state index is 12.7. The molecule has 0 saturated heterocycles. The van der Waals surface area contributed by atoms with Gasteiger partial charge >= 0.3 is 5.97 Å². The highest BCUT2D eigenvalue weighted by molar-refractivity contribution is 7.14. The number of rotatable bonds is 8. The monoisotopic (exact) mass is 458 g/mol. The van der Waals surface area contributed by atoms with Crippen LogP contribution in [0.3, 0.4) is 0 Å². The molecule has 0 atom stereocenters. The van der Waals surface area contributed by atoms with Crippen molar-refractivity contribution in [3.8, 4) is 5.75 Å². The molecule has 0 unspecified atom stereocenters. The lowest BCUT2D eigenvalue weighted by Gasteiger charge is -2.12. The van der Waals surface area contributed by atoms with Gasteiger partial charge in [0.1, 0.15) is 10.8 Å². The zero-order valence-corrected chi connectivity index (χ0v) is 18.1. The van der Waals surface area contributed by atoms with Crippen molar-refractivity contribution >= 4 is 51.4 Å². The van der Waals surface area contributed by atoms with Crippen molar-refractivity contribution in [1.82, 2.24) is 0 Å². The summed E-state index contributed by atoms with van der Waals surface area (Å²) in [6.07, 6.45) is 0. The van der Waals surface area contributed by atoms with Crippen LogP contribution in [0.25, 0.3) is 0 Å². The van der Waals surface area contributed by atoms with E-state index < -0.39 is 17.8 Å². The van der Waals surface area contributed by atoms with Crippen LogP contribution in [0.5, 0.6) is 5.75 Å². The van der Waals surface area contributed by atoms with Crippen LogP contribution >= 0.6 is 22.9 Å². The zero-order chi connectivity index (χ0) is 22.2. The first-order chi connectivity index (χ1) is 15.0. The number of thiophene rings is 1. The summed E-state index contributed by atoms with van der Waals surface area (Å²) in [5.74, 6) is -1.23. The van der Waals surface area contributed by atoms with Gasteiger partial charge in [-0.25, -0.2) is 4.79 Å². The second kappa shape index (κ2) is 10.6. The number of nitrogens with one attached hydrogen (secondary N) is 2. The third kappa shape index (κ3) is 6.07. The van der Waals surface area contributed by atoms with Crippen molar-refractivity contribution in [3.05, 3.63) is 76.1 Å². The molecule has 0 radical (unpaired) electrons. The highest BCUT2D eigenvalue weighted by Gasteiger charge is 2.18. The van der Waals surface area contributed by atoms with Gasteiger partial charge in [0.2, 0.25) is 0 Å². The number of carbonyl (C=O) groups is 3. The predicted octanol–water partition coefficient (Wildman–Crippen LogP) is 4.85. The molecule has 0 spiro atoms. The number of anilines is 2. The van der Waals surface area contributed by atoms with E-state index in [1.807, 2.05) is 6.07 Å². The van der Waals surface area contributed by atoms with Crippen molar-refractivity contribution < 1.29 is 23.9 Å². The lowest BCUT2D eigenvalue weighted by atomic mass is 10.2. The molecule has 0 aliphatic carbocycles. The molecular formula is C22H19ClN2O5S. The van der Waals surface area contributed by atoms with E-state index in [2.05, 4.69) is 10.6 Å². The Labute approximate surface area is 187 Å². The van der Waals surface area contributed by atoms with Crippen molar-refractivity contribution in [1.29, 1.82) is 0 Å². The van der Waals surface area contributed by atoms with Crippen molar-refractivity contribution in [3.63, 3.8) is 0 Å². The second-order valence-electron chi connectivity index (χ2n) is 6.18. The van der Waals surface area contributed by atoms with Crippen molar-refractivity contribution in [2.45, 2.75) is 6.92 Å². The Kier molecular flexibility index (Phi) is 7.64. The Hall–Kier alpha value is -3.36. The van der Waals surface area contributed by atoms with Crippen molar-refractivity contribution in [2.75, 3.05) is 23.8 Å². The number of para-hydroxylation sites is 1. The molecule has 3 rings (SSSR count). The zero-order valence-electron chi connectivity index (χ0n) is 16.5. The highest BCUT2D eigenvalue weighted by Crippen LogP contribution is 2.26. The summed E-state index contributed by atoms with van der Waals surface area (Å²) in [5.41, 5.74) is 1.07. The van der Waals surface area contributed by atoms with Crippen LogP contribution in [0.4, 0.5) is 10.7 Å². The molecular weight excluding hydrogens is 440 g/mol. The van der Waals surface area contributed by atoms with E-state index in [-0.39, 0.29) is 30.1 Å². The average molecular weight is 459 g/mol. The number of esters is 1. The Morgan fingerprint density at radius 1 is 1.00 bits per heavy atom. The van der Waals surface area contributed by atoms with E-state index in [1.165, 1.54) is 23.5 Å². The van der Waals surface area contributed by atoms with Crippen LogP contribution in [0.2, 0.25) is 5.02 Å². The molecule has 0 fully saturated rings. The van der Waals surface area contributed by atoms with Gasteiger partial charge in [-0.15, -0.1) is 11.3 Å². The first-order valence-electron chi connectivity index (χ1n) is 9.31. The van der Waals surface area contributed by atoms with Crippen LogP contribution in [0, 0.1) is 0 Å². The van der Waals surface area contributed by atoms with Gasteiger partial charge in [0.05, 0.1) is 17.7 Å². The van der Waals surface area contributed by atoms with E-state index >= 15 is 0 Å². The molecule has 1 heterocycles. The Balaban J connectivity index is 1.67. The molecule has 7 nitrogen and oxygen atoms in total. The lowest BCUT2D eigenvalue weighted by molar-refractivity contribution is -0.118. The SMILES string of the molecule is CCOC(=O)c1ccsc1NC(=O)COc1ccc(Cl)cc1C(=O)Nc1ccccc1. The summed E-state index contributed by atoms with van der Waals surface area (Å²) in [5, 5.41) is 7.78. The maximum Gasteiger partial charge on any atom is 0.341 e. The lowest BCUT2D eigenvalue weighted by Crippen LogP contribution is -2.22. The number of halogens is 1. The number of hydrogen-bond acceptors (Lipinski definition) is 6. The fourth-order valence-electron chi connectivity index (χ4n) is 2.61. The molecule has 0 aliphatic rings. The Morgan fingerprint density at radius 2 is 1.77 bits per heavy atom. The molecule has 1 aromatic heterocycles. The Bertz CT molecular complexity index is 1080. The minimum Gasteiger partial charge on any atom is -0.483 e. The molecule has 2 aromatic carbocycles. The second-order valence-corrected chi connectivity index (χ2v) is 7.53. The van der Waals surface area contributed by atoms with Gasteiger partial charge in [-0.05, 0) is 48.7 Å². The molecule has 0 saturated carbocycles. The van der Waals surface area contributed by atoms with Crippen LogP contribution < -0.4 is 15.4 Å². The fraction of sp³-hybridized carbons (Fsp3) is 0.136. The standard InChI is InChI=1S/C22H19ClN2O5S/c1-2-29-22(28)16-10-11-31-21(16)25-19(26)13-30-18-9-8-14(23)12-17(18)20(27)24-15-6-4-3-5-7-15/h3-12H,2,13H2,1H3,(H,24,27)(H,25,26). The first kappa shape index (κ1) is 22.3. The summed E-state index contributed by atoms with van der Waals surface area (Å²) >= 11 is 7.23. The normalized spacial score (nSPS) is 10.3. The van der Waals surface area contributed by atoms with E-state index in [0.29, 0.717) is 15.7 Å². The average Bonchev–Trinajstić information content (AvgIpc) is 3.22. The highest BCUT2D eigenvalue weighted by atomic mass is 35.5. The van der Waals surface area contributed by atoms with E-state index in [0.717, 1.165) is 0 Å². The number of carbonyl (C=O) groups excluding carboxylic acids is 3. The van der Waals surface area contributed by atoms with Gasteiger partial charge < -0.3 is 20.1 Å².